The average molecular weight is 402 g/mol. The molecular formula is C16H17ClINO. The molecule has 4 heteroatoms. The number of hydrogen-bond acceptors (Lipinski definition) is 2. The Morgan fingerprint density at radius 1 is 1.25 bits per heavy atom. The summed E-state index contributed by atoms with van der Waals surface area (Å²) in [5, 5.41) is 4.16. The third-order valence-corrected chi connectivity index (χ3v) is 4.43. The predicted octanol–water partition coefficient (Wildman–Crippen LogP) is 4.65. The van der Waals surface area contributed by atoms with Crippen molar-refractivity contribution in [1.29, 1.82) is 0 Å². The molecule has 0 fully saturated rings. The highest BCUT2D eigenvalue weighted by Gasteiger charge is 2.16. The molecule has 2 rings (SSSR count). The monoisotopic (exact) mass is 401 g/mol. The van der Waals surface area contributed by atoms with Crippen LogP contribution in [0.5, 0.6) is 5.75 Å². The van der Waals surface area contributed by atoms with Crippen LogP contribution in [0.15, 0.2) is 42.5 Å². The Morgan fingerprint density at radius 3 is 2.65 bits per heavy atom. The summed E-state index contributed by atoms with van der Waals surface area (Å²) in [5.74, 6) is 0.706. The van der Waals surface area contributed by atoms with Gasteiger partial charge in [0.2, 0.25) is 0 Å². The van der Waals surface area contributed by atoms with Crippen molar-refractivity contribution < 1.29 is 4.74 Å². The first-order chi connectivity index (χ1) is 9.67. The smallest absolute Gasteiger partial charge is 0.137 e. The molecule has 1 unspecified atom stereocenters. The van der Waals surface area contributed by atoms with Gasteiger partial charge in [0.05, 0.1) is 18.2 Å². The highest BCUT2D eigenvalue weighted by molar-refractivity contribution is 14.1. The Hall–Kier alpha value is -0.780. The van der Waals surface area contributed by atoms with E-state index >= 15 is 0 Å². The number of ether oxygens (including phenoxy) is 1. The van der Waals surface area contributed by atoms with E-state index in [0.29, 0.717) is 10.8 Å². The van der Waals surface area contributed by atoms with Crippen LogP contribution >= 0.6 is 34.2 Å². The summed E-state index contributed by atoms with van der Waals surface area (Å²) >= 11 is 8.48. The van der Waals surface area contributed by atoms with Crippen LogP contribution in [0.1, 0.15) is 24.1 Å². The summed E-state index contributed by atoms with van der Waals surface area (Å²) in [4.78, 5) is 0. The number of benzene rings is 2. The van der Waals surface area contributed by atoms with Gasteiger partial charge in [0.1, 0.15) is 5.75 Å². The van der Waals surface area contributed by atoms with Gasteiger partial charge in [0, 0.05) is 3.57 Å². The van der Waals surface area contributed by atoms with Crippen molar-refractivity contribution in [2.24, 2.45) is 0 Å². The van der Waals surface area contributed by atoms with Crippen molar-refractivity contribution in [3.63, 3.8) is 0 Å². The maximum atomic E-state index is 6.11. The molecule has 2 nitrogen and oxygen atoms in total. The molecule has 106 valence electrons. The van der Waals surface area contributed by atoms with Crippen LogP contribution < -0.4 is 10.1 Å². The number of nitrogens with one attached hydrogen (secondary N) is 1. The summed E-state index contributed by atoms with van der Waals surface area (Å²) in [7, 11) is 1.64. The molecule has 0 saturated heterocycles. The molecule has 0 saturated carbocycles. The van der Waals surface area contributed by atoms with E-state index in [4.69, 9.17) is 16.3 Å². The first-order valence-corrected chi connectivity index (χ1v) is 7.94. The number of rotatable bonds is 5. The zero-order valence-electron chi connectivity index (χ0n) is 11.5. The fourth-order valence-electron chi connectivity index (χ4n) is 2.18. The Bertz CT molecular complexity index is 588. The molecular weight excluding hydrogens is 385 g/mol. The van der Waals surface area contributed by atoms with Crippen LogP contribution in [0.2, 0.25) is 5.02 Å². The molecule has 0 aromatic heterocycles. The lowest BCUT2D eigenvalue weighted by Gasteiger charge is -2.21. The Balaban J connectivity index is 2.46. The van der Waals surface area contributed by atoms with Gasteiger partial charge in [0.15, 0.2) is 0 Å². The van der Waals surface area contributed by atoms with Gasteiger partial charge in [-0.25, -0.2) is 0 Å². The van der Waals surface area contributed by atoms with Crippen LogP contribution in [0.4, 0.5) is 0 Å². The standard InChI is InChI=1S/C16H17ClINO/c1-3-19-16(12-6-4-5-7-14(12)18)11-8-9-13(17)15(10-11)20-2/h4-10,16,19H,3H2,1-2H3. The van der Waals surface area contributed by atoms with Gasteiger partial charge < -0.3 is 10.1 Å². The van der Waals surface area contributed by atoms with Crippen LogP contribution in [0, 0.1) is 3.57 Å². The van der Waals surface area contributed by atoms with Gasteiger partial charge in [0.25, 0.3) is 0 Å². The molecule has 1 N–H and O–H groups in total. The molecule has 2 aromatic carbocycles. The minimum Gasteiger partial charge on any atom is -0.495 e. The molecule has 1 atom stereocenters. The summed E-state index contributed by atoms with van der Waals surface area (Å²) < 4.78 is 6.56. The van der Waals surface area contributed by atoms with E-state index in [9.17, 15) is 0 Å². The van der Waals surface area contributed by atoms with Crippen LogP contribution in [0.3, 0.4) is 0 Å². The second-order valence-electron chi connectivity index (χ2n) is 4.41. The molecule has 0 bridgehead atoms. The largest absolute Gasteiger partial charge is 0.495 e. The van der Waals surface area contributed by atoms with E-state index in [2.05, 4.69) is 59.1 Å². The third kappa shape index (κ3) is 3.45. The molecule has 0 amide bonds. The molecule has 0 aliphatic heterocycles. The molecule has 0 aliphatic rings. The molecule has 2 aromatic rings. The van der Waals surface area contributed by atoms with Crippen LogP contribution in [-0.2, 0) is 0 Å². The quantitative estimate of drug-likeness (QED) is 0.736. The second-order valence-corrected chi connectivity index (χ2v) is 5.98. The number of halogens is 2. The zero-order valence-corrected chi connectivity index (χ0v) is 14.4. The molecule has 20 heavy (non-hydrogen) atoms. The second kappa shape index (κ2) is 7.29. The normalized spacial score (nSPS) is 12.2. The highest BCUT2D eigenvalue weighted by Crippen LogP contribution is 2.32. The third-order valence-electron chi connectivity index (χ3n) is 3.13. The Labute approximate surface area is 138 Å². The van der Waals surface area contributed by atoms with Gasteiger partial charge in [-0.05, 0) is 58.5 Å². The van der Waals surface area contributed by atoms with Gasteiger partial charge in [-0.15, -0.1) is 0 Å². The lowest BCUT2D eigenvalue weighted by Crippen LogP contribution is -2.22. The minimum absolute atomic E-state index is 0.138. The van der Waals surface area contributed by atoms with Gasteiger partial charge >= 0.3 is 0 Å². The topological polar surface area (TPSA) is 21.3 Å². The fourth-order valence-corrected chi connectivity index (χ4v) is 3.07. The summed E-state index contributed by atoms with van der Waals surface area (Å²) in [6.07, 6.45) is 0. The van der Waals surface area contributed by atoms with Crippen LogP contribution in [0.25, 0.3) is 0 Å². The molecule has 0 spiro atoms. The van der Waals surface area contributed by atoms with Crippen molar-refractivity contribution in [2.75, 3.05) is 13.7 Å². The van der Waals surface area contributed by atoms with Crippen molar-refractivity contribution in [1.82, 2.24) is 5.32 Å². The predicted molar refractivity (Wildman–Crippen MR) is 92.7 cm³/mol. The van der Waals surface area contributed by atoms with E-state index < -0.39 is 0 Å². The van der Waals surface area contributed by atoms with Crippen molar-refractivity contribution in [3.05, 3.63) is 62.2 Å². The number of hydrogen-bond donors (Lipinski definition) is 1. The maximum absolute atomic E-state index is 6.11. The van der Waals surface area contributed by atoms with E-state index in [1.165, 1.54) is 9.13 Å². The van der Waals surface area contributed by atoms with Gasteiger partial charge in [-0.1, -0.05) is 42.8 Å². The van der Waals surface area contributed by atoms with Crippen molar-refractivity contribution in [3.8, 4) is 5.75 Å². The minimum atomic E-state index is 0.138. The van der Waals surface area contributed by atoms with E-state index in [0.717, 1.165) is 12.1 Å². The summed E-state index contributed by atoms with van der Waals surface area (Å²) in [6.45, 7) is 3.00. The Morgan fingerprint density at radius 2 is 2.00 bits per heavy atom. The van der Waals surface area contributed by atoms with E-state index in [1.54, 1.807) is 7.11 Å². The van der Waals surface area contributed by atoms with Crippen LogP contribution in [-0.4, -0.2) is 13.7 Å². The fraction of sp³-hybridized carbons (Fsp3) is 0.250. The highest BCUT2D eigenvalue weighted by atomic mass is 127. The first kappa shape index (κ1) is 15.6. The van der Waals surface area contributed by atoms with Crippen molar-refractivity contribution >= 4 is 34.2 Å². The van der Waals surface area contributed by atoms with E-state index in [-0.39, 0.29) is 6.04 Å². The average Bonchev–Trinajstić information content (AvgIpc) is 2.46. The molecule has 0 heterocycles. The summed E-state index contributed by atoms with van der Waals surface area (Å²) in [5.41, 5.74) is 2.41. The van der Waals surface area contributed by atoms with E-state index in [1.807, 2.05) is 18.2 Å². The molecule has 0 radical (unpaired) electrons. The Kier molecular flexibility index (Phi) is 5.69. The van der Waals surface area contributed by atoms with Gasteiger partial charge in [-0.3, -0.25) is 0 Å². The van der Waals surface area contributed by atoms with Gasteiger partial charge in [-0.2, -0.15) is 0 Å². The SMILES string of the molecule is CCNC(c1ccc(Cl)c(OC)c1)c1ccccc1I. The lowest BCUT2D eigenvalue weighted by atomic mass is 9.98. The summed E-state index contributed by atoms with van der Waals surface area (Å²) in [6, 6.07) is 14.4. The number of methoxy groups -OCH3 is 1. The lowest BCUT2D eigenvalue weighted by molar-refractivity contribution is 0.414. The molecule has 0 aliphatic carbocycles. The maximum Gasteiger partial charge on any atom is 0.137 e. The zero-order chi connectivity index (χ0) is 14.5. The first-order valence-electron chi connectivity index (χ1n) is 6.48. The van der Waals surface area contributed by atoms with Crippen molar-refractivity contribution in [2.45, 2.75) is 13.0 Å².